The molecule has 1 unspecified atom stereocenters. The van der Waals surface area contributed by atoms with Gasteiger partial charge in [-0.25, -0.2) is 0 Å². The number of hydrogen-bond acceptors (Lipinski definition) is 4. The minimum atomic E-state index is -0.892. The monoisotopic (exact) mass is 294 g/mol. The van der Waals surface area contributed by atoms with Gasteiger partial charge in [0.1, 0.15) is 5.82 Å². The van der Waals surface area contributed by atoms with Crippen molar-refractivity contribution in [2.75, 3.05) is 0 Å². The molecule has 0 bridgehead atoms. The van der Waals surface area contributed by atoms with Crippen molar-refractivity contribution < 1.29 is 14.7 Å². The van der Waals surface area contributed by atoms with Crippen LogP contribution in [0.15, 0.2) is 0 Å². The molecule has 0 fully saturated rings. The molecule has 0 aliphatic carbocycles. The number of amides is 1. The first-order valence-corrected chi connectivity index (χ1v) is 7.21. The summed E-state index contributed by atoms with van der Waals surface area (Å²) in [6.45, 7) is 6.32. The highest BCUT2D eigenvalue weighted by atomic mass is 16.4. The highest BCUT2D eigenvalue weighted by molar-refractivity contribution is 5.78. The van der Waals surface area contributed by atoms with Crippen LogP contribution in [0.5, 0.6) is 0 Å². The van der Waals surface area contributed by atoms with E-state index in [4.69, 9.17) is 5.11 Å². The van der Waals surface area contributed by atoms with Crippen LogP contribution in [0, 0.1) is 5.41 Å². The number of nitrogens with zero attached hydrogens (tertiary/aromatic N) is 3. The van der Waals surface area contributed by atoms with Crippen LogP contribution in [-0.2, 0) is 22.6 Å². The number of fused-ring (bicyclic) bond motifs is 1. The van der Waals surface area contributed by atoms with Crippen LogP contribution in [0.2, 0.25) is 0 Å². The van der Waals surface area contributed by atoms with Gasteiger partial charge in [0.25, 0.3) is 0 Å². The first-order valence-electron chi connectivity index (χ1n) is 7.21. The summed E-state index contributed by atoms with van der Waals surface area (Å²) in [4.78, 5) is 22.9. The SMILES string of the molecule is CC(NC(=O)CC(C)(C)CC(=O)O)c1nnc2n1CCC2. The number of hydrogen-bond donors (Lipinski definition) is 2. The maximum Gasteiger partial charge on any atom is 0.303 e. The van der Waals surface area contributed by atoms with Gasteiger partial charge >= 0.3 is 5.97 Å². The van der Waals surface area contributed by atoms with E-state index in [1.165, 1.54) is 0 Å². The number of carboxylic acid groups (broad SMARTS) is 1. The Balaban J connectivity index is 1.94. The van der Waals surface area contributed by atoms with Gasteiger partial charge in [-0.1, -0.05) is 13.8 Å². The lowest BCUT2D eigenvalue weighted by molar-refractivity contribution is -0.139. The van der Waals surface area contributed by atoms with Crippen molar-refractivity contribution in [1.29, 1.82) is 0 Å². The van der Waals surface area contributed by atoms with Crippen LogP contribution in [0.25, 0.3) is 0 Å². The molecular formula is C14H22N4O3. The number of carboxylic acids is 1. The van der Waals surface area contributed by atoms with Gasteiger partial charge in [-0.3, -0.25) is 9.59 Å². The summed E-state index contributed by atoms with van der Waals surface area (Å²) in [5, 5.41) is 20.0. The van der Waals surface area contributed by atoms with E-state index in [9.17, 15) is 9.59 Å². The van der Waals surface area contributed by atoms with Gasteiger partial charge in [0.05, 0.1) is 12.5 Å². The van der Waals surface area contributed by atoms with Crippen molar-refractivity contribution >= 4 is 11.9 Å². The number of aliphatic carboxylic acids is 1. The Kier molecular flexibility index (Phi) is 4.29. The molecule has 2 heterocycles. The Labute approximate surface area is 123 Å². The van der Waals surface area contributed by atoms with Crippen LogP contribution in [0.3, 0.4) is 0 Å². The fraction of sp³-hybridized carbons (Fsp3) is 0.714. The molecule has 0 aromatic carbocycles. The van der Waals surface area contributed by atoms with Crippen molar-refractivity contribution in [1.82, 2.24) is 20.1 Å². The van der Waals surface area contributed by atoms with Gasteiger partial charge in [-0.15, -0.1) is 10.2 Å². The average molecular weight is 294 g/mol. The molecule has 0 spiro atoms. The summed E-state index contributed by atoms with van der Waals surface area (Å²) in [7, 11) is 0. The topological polar surface area (TPSA) is 97.1 Å². The van der Waals surface area contributed by atoms with E-state index >= 15 is 0 Å². The first-order chi connectivity index (χ1) is 9.78. The highest BCUT2D eigenvalue weighted by Crippen LogP contribution is 2.25. The van der Waals surface area contributed by atoms with Crippen molar-refractivity contribution in [2.24, 2.45) is 5.41 Å². The first kappa shape index (κ1) is 15.5. The molecule has 1 atom stereocenters. The molecule has 1 aromatic rings. The standard InChI is InChI=1S/C14H22N4O3/c1-9(13-17-16-10-5-4-6-18(10)13)15-11(19)7-14(2,3)8-12(20)21/h9H,4-8H2,1-3H3,(H,15,19)(H,20,21). The van der Waals surface area contributed by atoms with E-state index in [1.54, 1.807) is 13.8 Å². The number of aryl methyl sites for hydroxylation is 1. The number of aromatic nitrogens is 3. The van der Waals surface area contributed by atoms with Crippen LogP contribution in [-0.4, -0.2) is 31.7 Å². The van der Waals surface area contributed by atoms with Gasteiger partial charge in [-0.05, 0) is 18.8 Å². The third-order valence-electron chi connectivity index (χ3n) is 3.67. The summed E-state index contributed by atoms with van der Waals surface area (Å²) in [5.74, 6) is 0.685. The molecule has 1 aliphatic heterocycles. The van der Waals surface area contributed by atoms with Crippen molar-refractivity contribution in [2.45, 2.75) is 59.0 Å². The third-order valence-corrected chi connectivity index (χ3v) is 3.67. The number of carbonyl (C=O) groups excluding carboxylic acids is 1. The zero-order valence-electron chi connectivity index (χ0n) is 12.7. The maximum atomic E-state index is 12.1. The van der Waals surface area contributed by atoms with Crippen molar-refractivity contribution in [3.8, 4) is 0 Å². The molecule has 1 aromatic heterocycles. The lowest BCUT2D eigenvalue weighted by Crippen LogP contribution is -2.33. The molecule has 0 saturated heterocycles. The van der Waals surface area contributed by atoms with Crippen LogP contribution >= 0.6 is 0 Å². The van der Waals surface area contributed by atoms with E-state index in [0.29, 0.717) is 0 Å². The van der Waals surface area contributed by atoms with Gasteiger partial charge in [0.2, 0.25) is 5.91 Å². The molecule has 2 N–H and O–H groups in total. The lowest BCUT2D eigenvalue weighted by atomic mass is 9.85. The quantitative estimate of drug-likeness (QED) is 0.824. The highest BCUT2D eigenvalue weighted by Gasteiger charge is 2.27. The Hall–Kier alpha value is -1.92. The normalized spacial score (nSPS) is 15.6. The van der Waals surface area contributed by atoms with Gasteiger partial charge in [0.15, 0.2) is 5.82 Å². The van der Waals surface area contributed by atoms with Crippen LogP contribution < -0.4 is 5.32 Å². The molecule has 1 amide bonds. The molecule has 21 heavy (non-hydrogen) atoms. The fourth-order valence-electron chi connectivity index (χ4n) is 2.76. The van der Waals surface area contributed by atoms with E-state index in [1.807, 2.05) is 11.5 Å². The molecular weight excluding hydrogens is 272 g/mol. The second kappa shape index (κ2) is 5.83. The Bertz CT molecular complexity index is 550. The summed E-state index contributed by atoms with van der Waals surface area (Å²) >= 11 is 0. The van der Waals surface area contributed by atoms with Crippen LogP contribution in [0.4, 0.5) is 0 Å². The molecule has 7 nitrogen and oxygen atoms in total. The lowest BCUT2D eigenvalue weighted by Gasteiger charge is -2.23. The molecule has 7 heteroatoms. The van der Waals surface area contributed by atoms with Crippen molar-refractivity contribution in [3.05, 3.63) is 11.6 Å². The third kappa shape index (κ3) is 3.80. The Morgan fingerprint density at radius 3 is 2.76 bits per heavy atom. The molecule has 2 rings (SSSR count). The summed E-state index contributed by atoms with van der Waals surface area (Å²) in [5.41, 5.74) is -0.567. The fourth-order valence-corrected chi connectivity index (χ4v) is 2.76. The van der Waals surface area contributed by atoms with Gasteiger partial charge < -0.3 is 15.0 Å². The van der Waals surface area contributed by atoms with E-state index in [-0.39, 0.29) is 24.8 Å². The average Bonchev–Trinajstić information content (AvgIpc) is 2.85. The predicted octanol–water partition coefficient (Wildman–Crippen LogP) is 1.29. The molecule has 1 aliphatic rings. The maximum absolute atomic E-state index is 12.1. The minimum absolute atomic E-state index is 0.0326. The summed E-state index contributed by atoms with van der Waals surface area (Å²) in [6.07, 6.45) is 2.13. The smallest absolute Gasteiger partial charge is 0.303 e. The molecule has 0 saturated carbocycles. The van der Waals surface area contributed by atoms with Gasteiger partial charge in [0, 0.05) is 19.4 Å². The van der Waals surface area contributed by atoms with E-state index in [2.05, 4.69) is 15.5 Å². The zero-order chi connectivity index (χ0) is 15.6. The van der Waals surface area contributed by atoms with Gasteiger partial charge in [-0.2, -0.15) is 0 Å². The van der Waals surface area contributed by atoms with E-state index < -0.39 is 11.4 Å². The number of carbonyl (C=O) groups is 2. The zero-order valence-corrected chi connectivity index (χ0v) is 12.7. The summed E-state index contributed by atoms with van der Waals surface area (Å²) < 4.78 is 2.05. The Morgan fingerprint density at radius 1 is 1.38 bits per heavy atom. The van der Waals surface area contributed by atoms with E-state index in [0.717, 1.165) is 31.0 Å². The second-order valence-corrected chi connectivity index (χ2v) is 6.43. The van der Waals surface area contributed by atoms with Crippen LogP contribution in [0.1, 0.15) is 57.7 Å². The molecule has 116 valence electrons. The summed E-state index contributed by atoms with van der Waals surface area (Å²) in [6, 6.07) is -0.225. The number of nitrogens with one attached hydrogen (secondary N) is 1. The Morgan fingerprint density at radius 2 is 2.10 bits per heavy atom. The minimum Gasteiger partial charge on any atom is -0.481 e. The second-order valence-electron chi connectivity index (χ2n) is 6.43. The number of rotatable bonds is 6. The predicted molar refractivity (Wildman–Crippen MR) is 75.6 cm³/mol. The van der Waals surface area contributed by atoms with Crippen molar-refractivity contribution in [3.63, 3.8) is 0 Å². The largest absolute Gasteiger partial charge is 0.481 e. The molecule has 0 radical (unpaired) electrons.